The number of hydrogen-bond donors (Lipinski definition) is 2. The summed E-state index contributed by atoms with van der Waals surface area (Å²) in [4.78, 5) is 13.4. The van der Waals surface area contributed by atoms with E-state index < -0.39 is 5.97 Å². The highest BCUT2D eigenvalue weighted by atomic mass is 79.9. The minimum absolute atomic E-state index is 0.162. The van der Waals surface area contributed by atoms with Gasteiger partial charge in [-0.15, -0.1) is 0 Å². The van der Waals surface area contributed by atoms with E-state index in [1.807, 2.05) is 0 Å². The lowest BCUT2D eigenvalue weighted by Gasteiger charge is -2.48. The molecule has 3 N–H and O–H groups in total. The molecule has 0 radical (unpaired) electrons. The Hall–Kier alpha value is -1.27. The summed E-state index contributed by atoms with van der Waals surface area (Å²) in [6, 6.07) is 3.34. The molecule has 1 aromatic carbocycles. The minimum atomic E-state index is -0.989. The number of carboxylic acids is 1. The van der Waals surface area contributed by atoms with Gasteiger partial charge in [-0.05, 0) is 40.9 Å². The third-order valence-corrected chi connectivity index (χ3v) is 4.97. The predicted octanol–water partition coefficient (Wildman–Crippen LogP) is 2.35. The lowest BCUT2D eigenvalue weighted by atomic mass is 9.77. The lowest BCUT2D eigenvalue weighted by molar-refractivity contribution is -0.124. The van der Waals surface area contributed by atoms with E-state index in [4.69, 9.17) is 10.5 Å². The lowest BCUT2D eigenvalue weighted by Crippen LogP contribution is -2.51. The van der Waals surface area contributed by atoms with Crippen molar-refractivity contribution in [3.8, 4) is 0 Å². The maximum atomic E-state index is 11.2. The van der Waals surface area contributed by atoms with Crippen LogP contribution in [0.2, 0.25) is 0 Å². The molecule has 0 saturated carbocycles. The summed E-state index contributed by atoms with van der Waals surface area (Å²) in [6.07, 6.45) is 2.18. The van der Waals surface area contributed by atoms with Gasteiger partial charge >= 0.3 is 5.97 Å². The monoisotopic (exact) mass is 340 g/mol. The molecule has 0 atom stereocenters. The van der Waals surface area contributed by atoms with Crippen molar-refractivity contribution in [2.45, 2.75) is 12.8 Å². The zero-order chi connectivity index (χ0) is 14.3. The summed E-state index contributed by atoms with van der Waals surface area (Å²) in [6.45, 7) is 3.57. The number of nitrogens with two attached hydrogens (primary N) is 1. The fraction of sp³-hybridized carbons (Fsp3) is 0.500. The molecule has 0 aliphatic carbocycles. The Kier molecular flexibility index (Phi) is 3.38. The molecule has 2 fully saturated rings. The maximum Gasteiger partial charge on any atom is 0.337 e. The van der Waals surface area contributed by atoms with Gasteiger partial charge < -0.3 is 20.5 Å². The molecule has 0 bridgehead atoms. The molecule has 20 heavy (non-hydrogen) atoms. The van der Waals surface area contributed by atoms with Crippen molar-refractivity contribution in [3.05, 3.63) is 22.2 Å². The summed E-state index contributed by atoms with van der Waals surface area (Å²) in [7, 11) is 0. The van der Waals surface area contributed by atoms with Crippen molar-refractivity contribution in [2.75, 3.05) is 36.9 Å². The number of halogens is 1. The van der Waals surface area contributed by atoms with E-state index in [9.17, 15) is 9.90 Å². The number of anilines is 2. The van der Waals surface area contributed by atoms with Crippen molar-refractivity contribution in [1.82, 2.24) is 0 Å². The number of benzene rings is 1. The number of aromatic carboxylic acids is 1. The van der Waals surface area contributed by atoms with Crippen molar-refractivity contribution < 1.29 is 14.6 Å². The number of rotatable bonds is 2. The molecule has 0 aromatic heterocycles. The summed E-state index contributed by atoms with van der Waals surface area (Å²) >= 11 is 3.49. The number of carbonyl (C=O) groups is 1. The van der Waals surface area contributed by atoms with Gasteiger partial charge in [0.25, 0.3) is 0 Å². The summed E-state index contributed by atoms with van der Waals surface area (Å²) in [5, 5.41) is 9.18. The summed E-state index contributed by atoms with van der Waals surface area (Å²) < 4.78 is 6.17. The number of nitrogens with zero attached hydrogens (tertiary/aromatic N) is 1. The Morgan fingerprint density at radius 3 is 2.50 bits per heavy atom. The minimum Gasteiger partial charge on any atom is -0.478 e. The molecule has 5 nitrogen and oxygen atoms in total. The van der Waals surface area contributed by atoms with Crippen LogP contribution in [-0.2, 0) is 4.74 Å². The zero-order valence-electron chi connectivity index (χ0n) is 11.1. The van der Waals surface area contributed by atoms with Crippen LogP contribution < -0.4 is 10.6 Å². The first-order valence-corrected chi connectivity index (χ1v) is 7.45. The van der Waals surface area contributed by atoms with Crippen LogP contribution in [0.15, 0.2) is 16.6 Å². The molecule has 6 heteroatoms. The molecule has 0 amide bonds. The van der Waals surface area contributed by atoms with E-state index in [0.29, 0.717) is 5.41 Å². The van der Waals surface area contributed by atoms with Crippen LogP contribution in [0.1, 0.15) is 23.2 Å². The molecule has 108 valence electrons. The first-order chi connectivity index (χ1) is 9.51. The second-order valence-electron chi connectivity index (χ2n) is 5.68. The normalized spacial score (nSPS) is 20.8. The zero-order valence-corrected chi connectivity index (χ0v) is 12.6. The van der Waals surface area contributed by atoms with Crippen LogP contribution >= 0.6 is 15.9 Å². The quantitative estimate of drug-likeness (QED) is 0.808. The smallest absolute Gasteiger partial charge is 0.337 e. The van der Waals surface area contributed by atoms with E-state index in [2.05, 4.69) is 20.8 Å². The average Bonchev–Trinajstić information content (AvgIpc) is 2.37. The first kappa shape index (κ1) is 13.7. The number of piperidine rings is 1. The van der Waals surface area contributed by atoms with Crippen molar-refractivity contribution in [1.29, 1.82) is 0 Å². The van der Waals surface area contributed by atoms with Gasteiger partial charge in [-0.1, -0.05) is 0 Å². The molecule has 1 aromatic rings. The third kappa shape index (κ3) is 2.27. The van der Waals surface area contributed by atoms with Gasteiger partial charge in [-0.2, -0.15) is 0 Å². The molecule has 0 unspecified atom stereocenters. The number of ether oxygens (including phenoxy) is 1. The first-order valence-electron chi connectivity index (χ1n) is 6.66. The van der Waals surface area contributed by atoms with Gasteiger partial charge in [0, 0.05) is 28.7 Å². The highest BCUT2D eigenvalue weighted by Gasteiger charge is 2.41. The Morgan fingerprint density at radius 1 is 1.35 bits per heavy atom. The molecule has 1 spiro atoms. The van der Waals surface area contributed by atoms with Crippen molar-refractivity contribution >= 4 is 33.3 Å². The summed E-state index contributed by atoms with van der Waals surface area (Å²) in [5.41, 5.74) is 7.47. The second-order valence-corrected chi connectivity index (χ2v) is 6.53. The standard InChI is InChI=1S/C14H17BrN2O3/c15-10-6-11(16)9(13(18)19)5-12(10)17-3-1-14(2-4-17)7-20-8-14/h5-6H,1-4,7-8,16H2,(H,18,19). The van der Waals surface area contributed by atoms with Gasteiger partial charge in [0.15, 0.2) is 0 Å². The van der Waals surface area contributed by atoms with E-state index in [-0.39, 0.29) is 11.3 Å². The predicted molar refractivity (Wildman–Crippen MR) is 80.2 cm³/mol. The fourth-order valence-corrected chi connectivity index (χ4v) is 3.52. The third-order valence-electron chi connectivity index (χ3n) is 4.33. The highest BCUT2D eigenvalue weighted by Crippen LogP contribution is 2.41. The van der Waals surface area contributed by atoms with Gasteiger partial charge in [-0.25, -0.2) is 4.79 Å². The molecular formula is C14H17BrN2O3. The molecular weight excluding hydrogens is 324 g/mol. The van der Waals surface area contributed by atoms with E-state index in [1.165, 1.54) is 0 Å². The Balaban J connectivity index is 1.83. The van der Waals surface area contributed by atoms with Crippen LogP contribution in [0.25, 0.3) is 0 Å². The van der Waals surface area contributed by atoms with Gasteiger partial charge in [0.1, 0.15) is 0 Å². The Labute approximate surface area is 125 Å². The average molecular weight is 341 g/mol. The number of nitrogen functional groups attached to an aromatic ring is 1. The topological polar surface area (TPSA) is 75.8 Å². The molecule has 2 heterocycles. The summed E-state index contributed by atoms with van der Waals surface area (Å²) in [5.74, 6) is -0.989. The molecule has 2 aliphatic heterocycles. The van der Waals surface area contributed by atoms with Crippen LogP contribution in [0.4, 0.5) is 11.4 Å². The van der Waals surface area contributed by atoms with Crippen LogP contribution in [0.3, 0.4) is 0 Å². The van der Waals surface area contributed by atoms with E-state index in [0.717, 1.165) is 49.3 Å². The largest absolute Gasteiger partial charge is 0.478 e. The Morgan fingerprint density at radius 2 is 2.00 bits per heavy atom. The van der Waals surface area contributed by atoms with Crippen LogP contribution in [-0.4, -0.2) is 37.4 Å². The number of hydrogen-bond acceptors (Lipinski definition) is 4. The second kappa shape index (κ2) is 4.93. The van der Waals surface area contributed by atoms with Gasteiger partial charge in [0.2, 0.25) is 0 Å². The van der Waals surface area contributed by atoms with Crippen LogP contribution in [0, 0.1) is 5.41 Å². The SMILES string of the molecule is Nc1cc(Br)c(N2CCC3(CC2)COC3)cc1C(=O)O. The van der Waals surface area contributed by atoms with Crippen molar-refractivity contribution in [2.24, 2.45) is 5.41 Å². The number of carboxylic acid groups (broad SMARTS) is 1. The highest BCUT2D eigenvalue weighted by molar-refractivity contribution is 9.10. The van der Waals surface area contributed by atoms with E-state index >= 15 is 0 Å². The van der Waals surface area contributed by atoms with Gasteiger partial charge in [-0.3, -0.25) is 0 Å². The van der Waals surface area contributed by atoms with Gasteiger partial charge in [0.05, 0.1) is 24.5 Å². The molecule has 3 rings (SSSR count). The van der Waals surface area contributed by atoms with Crippen molar-refractivity contribution in [3.63, 3.8) is 0 Å². The van der Waals surface area contributed by atoms with E-state index in [1.54, 1.807) is 12.1 Å². The fourth-order valence-electron chi connectivity index (χ4n) is 2.91. The van der Waals surface area contributed by atoms with Crippen LogP contribution in [0.5, 0.6) is 0 Å². The molecule has 2 saturated heterocycles. The molecule has 2 aliphatic rings. The maximum absolute atomic E-state index is 11.2. The Bertz CT molecular complexity index is 548.